The zero-order chi connectivity index (χ0) is 25.6. The van der Waals surface area contributed by atoms with Crippen LogP contribution in [0.2, 0.25) is 0 Å². The molecule has 0 bridgehead atoms. The van der Waals surface area contributed by atoms with E-state index in [1.807, 2.05) is 0 Å². The van der Waals surface area contributed by atoms with Crippen molar-refractivity contribution in [2.24, 2.45) is 0 Å². The molecule has 3 aromatic heterocycles. The van der Waals surface area contributed by atoms with Crippen LogP contribution in [0.15, 0.2) is 103 Å². The highest BCUT2D eigenvalue weighted by atomic mass is 16.5. The number of benzene rings is 4. The second-order valence-corrected chi connectivity index (χ2v) is 11.1. The summed E-state index contributed by atoms with van der Waals surface area (Å²) in [6, 6.07) is 32.9. The number of aryl methyl sites for hydroxylation is 2. The topological polar surface area (TPSA) is 21.4 Å². The summed E-state index contributed by atoms with van der Waals surface area (Å²) in [5.74, 6) is 1.87. The fourth-order valence-electron chi connectivity index (χ4n) is 7.92. The largest absolute Gasteiger partial charge is 0.456 e. The number of nitrogens with zero attached hydrogens (tertiary/aromatic N) is 3. The lowest BCUT2D eigenvalue weighted by Crippen LogP contribution is -2.71. The number of imidazole rings is 1. The molecular weight excluding hydrogens is 478 g/mol. The van der Waals surface area contributed by atoms with E-state index in [4.69, 9.17) is 4.74 Å². The molecule has 39 heavy (non-hydrogen) atoms. The predicted octanol–water partition coefficient (Wildman–Crippen LogP) is 6.80. The molecule has 0 N–H and O–H groups in total. The van der Waals surface area contributed by atoms with E-state index in [1.165, 1.54) is 72.1 Å². The smallest absolute Gasteiger partial charge is 0.371 e. The van der Waals surface area contributed by atoms with Gasteiger partial charge in [-0.25, -0.2) is 0 Å². The van der Waals surface area contributed by atoms with Crippen molar-refractivity contribution in [3.05, 3.63) is 126 Å². The monoisotopic (exact) mass is 501 g/mol. The normalized spacial score (nSPS) is 17.3. The van der Waals surface area contributed by atoms with E-state index >= 15 is 0 Å². The average molecular weight is 502 g/mol. The Morgan fingerprint density at radius 1 is 0.692 bits per heavy atom. The second kappa shape index (κ2) is 6.36. The van der Waals surface area contributed by atoms with Gasteiger partial charge in [0.15, 0.2) is 11.9 Å². The molecule has 4 nitrogen and oxygen atoms in total. The van der Waals surface area contributed by atoms with Crippen LogP contribution in [0.4, 0.5) is 0 Å². The van der Waals surface area contributed by atoms with Crippen LogP contribution < -0.4 is 13.9 Å². The Morgan fingerprint density at radius 2 is 1.49 bits per heavy atom. The zero-order valence-corrected chi connectivity index (χ0v) is 21.6. The minimum atomic E-state index is -0.560. The van der Waals surface area contributed by atoms with Crippen LogP contribution in [0, 0.1) is 13.8 Å². The standard InChI is InChI=1S/C35H23N3O/c1-20-9-7-10-21(2)30(20)27-19-37-34-31-23(22-11-3-4-14-26(22)38(27)34)16-17-29-33(31)35(37)32-24(12-8-15-28(32)39-29)25-13-5-6-18-36(25)35/h3-19H,1-2H3/q+2. The van der Waals surface area contributed by atoms with Gasteiger partial charge in [0.1, 0.15) is 34.3 Å². The van der Waals surface area contributed by atoms with Crippen molar-refractivity contribution in [1.29, 1.82) is 0 Å². The molecule has 0 saturated carbocycles. The highest BCUT2D eigenvalue weighted by molar-refractivity contribution is 6.15. The van der Waals surface area contributed by atoms with Crippen LogP contribution in [0.25, 0.3) is 49.8 Å². The van der Waals surface area contributed by atoms with E-state index in [0.717, 1.165) is 11.5 Å². The van der Waals surface area contributed by atoms with E-state index in [2.05, 4.69) is 131 Å². The van der Waals surface area contributed by atoms with Crippen molar-refractivity contribution in [3.8, 4) is 34.0 Å². The van der Waals surface area contributed by atoms with Gasteiger partial charge >= 0.3 is 11.3 Å². The molecule has 6 heterocycles. The van der Waals surface area contributed by atoms with Crippen LogP contribution >= 0.6 is 0 Å². The van der Waals surface area contributed by atoms with Crippen molar-refractivity contribution >= 4 is 27.3 Å². The number of ether oxygens (including phenoxy) is 1. The zero-order valence-electron chi connectivity index (χ0n) is 21.6. The number of hydrogen-bond donors (Lipinski definition) is 0. The molecule has 4 aromatic carbocycles. The van der Waals surface area contributed by atoms with E-state index < -0.39 is 5.66 Å². The summed E-state index contributed by atoms with van der Waals surface area (Å²) in [5.41, 5.74) is 11.9. The predicted molar refractivity (Wildman–Crippen MR) is 151 cm³/mol. The third kappa shape index (κ3) is 2.00. The Kier molecular flexibility index (Phi) is 3.27. The lowest BCUT2D eigenvalue weighted by molar-refractivity contribution is -0.950. The summed E-state index contributed by atoms with van der Waals surface area (Å²) in [7, 11) is 0. The lowest BCUT2D eigenvalue weighted by atomic mass is 9.85. The van der Waals surface area contributed by atoms with Crippen LogP contribution in [0.3, 0.4) is 0 Å². The van der Waals surface area contributed by atoms with Crippen molar-refractivity contribution in [2.75, 3.05) is 0 Å². The quantitative estimate of drug-likeness (QED) is 0.179. The molecule has 10 rings (SSSR count). The first-order valence-electron chi connectivity index (χ1n) is 13.5. The average Bonchev–Trinajstić information content (AvgIpc) is 3.59. The molecule has 4 heteroatoms. The van der Waals surface area contributed by atoms with Crippen molar-refractivity contribution in [3.63, 3.8) is 0 Å². The maximum Gasteiger partial charge on any atom is 0.371 e. The molecule has 0 aliphatic carbocycles. The number of para-hydroxylation sites is 1. The molecule has 0 amide bonds. The van der Waals surface area contributed by atoms with Crippen LogP contribution in [0.5, 0.6) is 11.5 Å². The second-order valence-electron chi connectivity index (χ2n) is 11.1. The first-order valence-corrected chi connectivity index (χ1v) is 13.5. The number of aromatic nitrogens is 3. The Bertz CT molecular complexity index is 2270. The van der Waals surface area contributed by atoms with Crippen molar-refractivity contribution in [2.45, 2.75) is 19.5 Å². The fourth-order valence-corrected chi connectivity index (χ4v) is 7.92. The van der Waals surface area contributed by atoms with E-state index in [1.54, 1.807) is 0 Å². The van der Waals surface area contributed by atoms with Crippen molar-refractivity contribution < 1.29 is 13.9 Å². The molecule has 1 atom stereocenters. The molecule has 0 radical (unpaired) electrons. The minimum absolute atomic E-state index is 0.560. The molecule has 3 aliphatic heterocycles. The lowest BCUT2D eigenvalue weighted by Gasteiger charge is -2.27. The minimum Gasteiger partial charge on any atom is -0.456 e. The van der Waals surface area contributed by atoms with Gasteiger partial charge < -0.3 is 4.74 Å². The Morgan fingerprint density at radius 3 is 2.38 bits per heavy atom. The summed E-state index contributed by atoms with van der Waals surface area (Å²) in [4.78, 5) is 0. The van der Waals surface area contributed by atoms with Gasteiger partial charge in [-0.1, -0.05) is 42.5 Å². The molecule has 1 spiro atoms. The maximum absolute atomic E-state index is 6.71. The molecule has 7 aromatic rings. The SMILES string of the molecule is Cc1cccc(C)c1-c1c[n+]2c3c4c5c(ccc4c4ccccc4n13)Oc1cccc3c1C52[n+]1ccccc1-3. The molecule has 3 aliphatic rings. The van der Waals surface area contributed by atoms with E-state index in [9.17, 15) is 0 Å². The molecule has 182 valence electrons. The number of hydrogen-bond acceptors (Lipinski definition) is 1. The summed E-state index contributed by atoms with van der Waals surface area (Å²) >= 11 is 0. The number of fused-ring (bicyclic) bond motifs is 5. The Labute approximate surface area is 224 Å². The molecule has 1 unspecified atom stereocenters. The van der Waals surface area contributed by atoms with Gasteiger partial charge in [-0.2, -0.15) is 8.97 Å². The Balaban J connectivity index is 1.54. The summed E-state index contributed by atoms with van der Waals surface area (Å²) in [6.07, 6.45) is 4.65. The fraction of sp³-hybridized carbons (Fsp3) is 0.0857. The Hall–Kier alpha value is -4.96. The number of rotatable bonds is 1. The first kappa shape index (κ1) is 20.1. The highest BCUT2D eigenvalue weighted by Gasteiger charge is 2.68. The maximum atomic E-state index is 6.71. The highest BCUT2D eigenvalue weighted by Crippen LogP contribution is 2.57. The van der Waals surface area contributed by atoms with Gasteiger partial charge in [0, 0.05) is 28.5 Å². The van der Waals surface area contributed by atoms with Gasteiger partial charge in [-0.15, -0.1) is 4.57 Å². The van der Waals surface area contributed by atoms with Gasteiger partial charge in [0.05, 0.1) is 10.9 Å². The van der Waals surface area contributed by atoms with E-state index in [0.29, 0.717) is 0 Å². The van der Waals surface area contributed by atoms with Crippen molar-refractivity contribution in [1.82, 2.24) is 4.40 Å². The summed E-state index contributed by atoms with van der Waals surface area (Å²) < 4.78 is 14.2. The molecular formula is C35H23N3O+2. The molecule has 0 fully saturated rings. The van der Waals surface area contributed by atoms with Crippen LogP contribution in [-0.4, -0.2) is 4.40 Å². The summed E-state index contributed by atoms with van der Waals surface area (Å²) in [6.45, 7) is 4.45. The van der Waals surface area contributed by atoms with Gasteiger partial charge in [0.25, 0.3) is 0 Å². The third-order valence-corrected chi connectivity index (χ3v) is 9.27. The third-order valence-electron chi connectivity index (χ3n) is 9.27. The van der Waals surface area contributed by atoms with Crippen LogP contribution in [0.1, 0.15) is 22.3 Å². The van der Waals surface area contributed by atoms with Crippen LogP contribution in [-0.2, 0) is 5.66 Å². The first-order chi connectivity index (χ1) is 19.2. The molecule has 0 saturated heterocycles. The number of pyridine rings is 2. The van der Waals surface area contributed by atoms with Gasteiger partial charge in [-0.3, -0.25) is 0 Å². The van der Waals surface area contributed by atoms with Gasteiger partial charge in [-0.05, 0) is 61.4 Å². The summed E-state index contributed by atoms with van der Waals surface area (Å²) in [5, 5.41) is 3.79. The van der Waals surface area contributed by atoms with E-state index in [-0.39, 0.29) is 0 Å². The van der Waals surface area contributed by atoms with Gasteiger partial charge in [0.2, 0.25) is 5.69 Å².